The van der Waals surface area contributed by atoms with Gasteiger partial charge in [0.2, 0.25) is 0 Å². The van der Waals surface area contributed by atoms with Gasteiger partial charge in [-0.15, -0.1) is 0 Å². The van der Waals surface area contributed by atoms with Gasteiger partial charge in [-0.05, 0) is 44.5 Å². The van der Waals surface area contributed by atoms with Crippen molar-refractivity contribution >= 4 is 11.1 Å². The fourth-order valence-electron chi connectivity index (χ4n) is 3.95. The van der Waals surface area contributed by atoms with E-state index >= 15 is 0 Å². The van der Waals surface area contributed by atoms with Gasteiger partial charge in [0, 0.05) is 0 Å². The minimum atomic E-state index is 1.25. The normalized spacial score (nSPS) is 10.6. The van der Waals surface area contributed by atoms with Crippen LogP contribution in [0.15, 0.2) is 109 Å². The summed E-state index contributed by atoms with van der Waals surface area (Å²) in [5.74, 6) is 0. The molecule has 30 heavy (non-hydrogen) atoms. The summed E-state index contributed by atoms with van der Waals surface area (Å²) in [5, 5.41) is 0. The zero-order chi connectivity index (χ0) is 21.3. The minimum Gasteiger partial charge on any atom is -0.0683 e. The number of benzene rings is 4. The van der Waals surface area contributed by atoms with Gasteiger partial charge in [0.15, 0.2) is 0 Å². The summed E-state index contributed by atoms with van der Waals surface area (Å²) in [6.07, 6.45) is 0. The lowest BCUT2D eigenvalue weighted by atomic mass is 9.88. The van der Waals surface area contributed by atoms with Gasteiger partial charge >= 0.3 is 0 Å². The first kappa shape index (κ1) is 21.3. The Morgan fingerprint density at radius 1 is 0.367 bits per heavy atom. The molecule has 5 rings (SSSR count). The highest BCUT2D eigenvalue weighted by Crippen LogP contribution is 2.48. The van der Waals surface area contributed by atoms with E-state index in [0.29, 0.717) is 0 Å². The van der Waals surface area contributed by atoms with Gasteiger partial charge in [0.05, 0.1) is 0 Å². The van der Waals surface area contributed by atoms with Crippen molar-refractivity contribution in [3.63, 3.8) is 0 Å². The Morgan fingerprint density at radius 3 is 1.03 bits per heavy atom. The molecule has 0 spiro atoms. The quantitative estimate of drug-likeness (QED) is 0.283. The van der Waals surface area contributed by atoms with Crippen LogP contribution in [-0.2, 0) is 0 Å². The molecule has 0 nitrogen and oxygen atoms in total. The van der Waals surface area contributed by atoms with Gasteiger partial charge in [-0.25, -0.2) is 0 Å². The zero-order valence-electron chi connectivity index (χ0n) is 18.4. The summed E-state index contributed by atoms with van der Waals surface area (Å²) in [5.41, 5.74) is 10.4. The predicted molar refractivity (Wildman–Crippen MR) is 132 cm³/mol. The van der Waals surface area contributed by atoms with Gasteiger partial charge in [-0.2, -0.15) is 0 Å². The first-order valence-electron chi connectivity index (χ1n) is 11.0. The predicted octanol–water partition coefficient (Wildman–Crippen LogP) is 8.73. The third-order valence-electron chi connectivity index (χ3n) is 5.06. The smallest absolute Gasteiger partial charge is 0.00143 e. The lowest BCUT2D eigenvalue weighted by Gasteiger charge is -2.15. The van der Waals surface area contributed by atoms with Crippen molar-refractivity contribution in [2.45, 2.75) is 27.7 Å². The lowest BCUT2D eigenvalue weighted by molar-refractivity contribution is 1.50. The second kappa shape index (κ2) is 10.4. The summed E-state index contributed by atoms with van der Waals surface area (Å²) in [6.45, 7) is 8.00. The highest BCUT2D eigenvalue weighted by Gasteiger charge is 2.26. The molecule has 0 saturated heterocycles. The number of fused-ring (bicyclic) bond motifs is 3. The van der Waals surface area contributed by atoms with Crippen LogP contribution in [0.25, 0.3) is 22.3 Å². The highest BCUT2D eigenvalue weighted by atomic mass is 14.3. The van der Waals surface area contributed by atoms with Crippen LogP contribution in [-0.4, -0.2) is 0 Å². The van der Waals surface area contributed by atoms with Crippen LogP contribution in [0.4, 0.5) is 0 Å². The van der Waals surface area contributed by atoms with Crippen molar-refractivity contribution in [3.05, 3.63) is 131 Å². The molecular weight excluding hydrogens is 360 g/mol. The maximum atomic E-state index is 2.25. The SMILES string of the molecule is CC.CC.c1ccc(C(=C2c3ccccc3-c3ccccc32)c2ccccc2)cc1. The van der Waals surface area contributed by atoms with E-state index in [2.05, 4.69) is 109 Å². The third-order valence-corrected chi connectivity index (χ3v) is 5.06. The van der Waals surface area contributed by atoms with E-state index in [9.17, 15) is 0 Å². The molecule has 0 radical (unpaired) electrons. The van der Waals surface area contributed by atoms with Crippen molar-refractivity contribution < 1.29 is 0 Å². The van der Waals surface area contributed by atoms with Crippen LogP contribution >= 0.6 is 0 Å². The molecule has 0 aliphatic heterocycles. The van der Waals surface area contributed by atoms with Gasteiger partial charge in [-0.1, -0.05) is 137 Å². The Bertz CT molecular complexity index is 1010. The van der Waals surface area contributed by atoms with Crippen molar-refractivity contribution in [1.82, 2.24) is 0 Å². The molecule has 150 valence electrons. The molecular formula is C30H30. The first-order chi connectivity index (χ1) is 14.9. The molecule has 0 atom stereocenters. The fraction of sp³-hybridized carbons (Fsp3) is 0.133. The summed E-state index contributed by atoms with van der Waals surface area (Å²) < 4.78 is 0. The molecule has 0 unspecified atom stereocenters. The maximum absolute atomic E-state index is 2.25. The molecule has 0 saturated carbocycles. The van der Waals surface area contributed by atoms with Crippen LogP contribution in [0, 0.1) is 0 Å². The topological polar surface area (TPSA) is 0 Å². The van der Waals surface area contributed by atoms with Crippen LogP contribution in [0.3, 0.4) is 0 Å². The van der Waals surface area contributed by atoms with Gasteiger partial charge < -0.3 is 0 Å². The maximum Gasteiger partial charge on any atom is -0.00143 e. The van der Waals surface area contributed by atoms with Gasteiger partial charge in [0.25, 0.3) is 0 Å². The van der Waals surface area contributed by atoms with Crippen LogP contribution in [0.1, 0.15) is 49.9 Å². The molecule has 0 amide bonds. The van der Waals surface area contributed by atoms with Crippen molar-refractivity contribution in [2.75, 3.05) is 0 Å². The second-order valence-corrected chi connectivity index (χ2v) is 6.57. The molecule has 0 heterocycles. The molecule has 1 aliphatic carbocycles. The number of hydrogen-bond acceptors (Lipinski definition) is 0. The van der Waals surface area contributed by atoms with E-state index in [4.69, 9.17) is 0 Å². The zero-order valence-corrected chi connectivity index (χ0v) is 18.4. The third kappa shape index (κ3) is 4.00. The molecule has 4 aromatic carbocycles. The largest absolute Gasteiger partial charge is 0.0683 e. The molecule has 0 fully saturated rings. The monoisotopic (exact) mass is 390 g/mol. The molecule has 1 aliphatic rings. The number of rotatable bonds is 2. The average Bonchev–Trinajstić information content (AvgIpc) is 3.18. The fourth-order valence-corrected chi connectivity index (χ4v) is 3.95. The van der Waals surface area contributed by atoms with E-state index < -0.39 is 0 Å². The van der Waals surface area contributed by atoms with E-state index in [1.807, 2.05) is 27.7 Å². The standard InChI is InChI=1S/C26H18.2C2H6/c1-3-11-19(12-4-1)25(20-13-5-2-6-14-20)26-23-17-9-7-15-21(23)22-16-8-10-18-24(22)26;2*1-2/h1-18H;2*1-2H3. The highest BCUT2D eigenvalue weighted by molar-refractivity contribution is 6.13. The number of hydrogen-bond donors (Lipinski definition) is 0. The summed E-state index contributed by atoms with van der Waals surface area (Å²) in [4.78, 5) is 0. The molecule has 4 aromatic rings. The molecule has 0 bridgehead atoms. The van der Waals surface area contributed by atoms with Crippen molar-refractivity contribution in [1.29, 1.82) is 0 Å². The van der Waals surface area contributed by atoms with Gasteiger partial charge in [-0.3, -0.25) is 0 Å². The summed E-state index contributed by atoms with van der Waals surface area (Å²) in [6, 6.07) is 38.9. The summed E-state index contributed by atoms with van der Waals surface area (Å²) >= 11 is 0. The van der Waals surface area contributed by atoms with Crippen LogP contribution < -0.4 is 0 Å². The minimum absolute atomic E-state index is 1.25. The lowest BCUT2D eigenvalue weighted by Crippen LogP contribution is -1.94. The second-order valence-electron chi connectivity index (χ2n) is 6.57. The van der Waals surface area contributed by atoms with Gasteiger partial charge in [0.1, 0.15) is 0 Å². The Hall–Kier alpha value is -3.38. The van der Waals surface area contributed by atoms with Crippen LogP contribution in [0.5, 0.6) is 0 Å². The van der Waals surface area contributed by atoms with E-state index in [-0.39, 0.29) is 0 Å². The first-order valence-corrected chi connectivity index (χ1v) is 11.0. The molecule has 0 N–H and O–H groups in total. The Morgan fingerprint density at radius 2 is 0.667 bits per heavy atom. The summed E-state index contributed by atoms with van der Waals surface area (Å²) in [7, 11) is 0. The van der Waals surface area contributed by atoms with Crippen molar-refractivity contribution in [3.8, 4) is 11.1 Å². The van der Waals surface area contributed by atoms with Crippen LogP contribution in [0.2, 0.25) is 0 Å². The Kier molecular flexibility index (Phi) is 7.40. The molecule has 0 heteroatoms. The Balaban J connectivity index is 0.000000606. The van der Waals surface area contributed by atoms with E-state index in [0.717, 1.165) is 0 Å². The van der Waals surface area contributed by atoms with Crippen molar-refractivity contribution in [2.24, 2.45) is 0 Å². The average molecular weight is 391 g/mol. The van der Waals surface area contributed by atoms with E-state index in [1.54, 1.807) is 0 Å². The molecule has 0 aromatic heterocycles. The Labute approximate surface area is 181 Å². The van der Waals surface area contributed by atoms with E-state index in [1.165, 1.54) is 44.5 Å².